The predicted octanol–water partition coefficient (Wildman–Crippen LogP) is 3.52. The number of aliphatic hydroxyl groups is 1. The van der Waals surface area contributed by atoms with Gasteiger partial charge in [-0.3, -0.25) is 4.98 Å². The molecule has 2 amide bonds. The van der Waals surface area contributed by atoms with Gasteiger partial charge < -0.3 is 15.7 Å². The Morgan fingerprint density at radius 2 is 1.68 bits per heavy atom. The Hall–Kier alpha value is -2.40. The molecule has 0 saturated carbocycles. The molecule has 0 bridgehead atoms. The number of urea groups is 1. The van der Waals surface area contributed by atoms with Crippen molar-refractivity contribution in [3.63, 3.8) is 0 Å². The largest absolute Gasteiger partial charge is 0.391 e. The maximum Gasteiger partial charge on any atom is 0.315 e. The number of hydrogen-bond acceptors (Lipinski definition) is 3. The number of hydrogen-bond donors (Lipinski definition) is 3. The van der Waals surface area contributed by atoms with Gasteiger partial charge in [-0.15, -0.1) is 0 Å². The number of nitrogens with zero attached hydrogens (tertiary/aromatic N) is 1. The first-order chi connectivity index (χ1) is 12.0. The monoisotopic (exact) mass is 341 g/mol. The smallest absolute Gasteiger partial charge is 0.315 e. The summed E-state index contributed by atoms with van der Waals surface area (Å²) in [6, 6.07) is 11.6. The van der Waals surface area contributed by atoms with Crippen molar-refractivity contribution in [2.45, 2.75) is 39.3 Å². The second-order valence-electron chi connectivity index (χ2n) is 6.39. The van der Waals surface area contributed by atoms with E-state index in [1.54, 1.807) is 12.4 Å². The SMILES string of the molecule is CCC(C)C(O)CNC(=O)NC(C)c1ccc(-c2ccncc2)cc1. The minimum atomic E-state index is -0.522. The van der Waals surface area contributed by atoms with Crippen LogP contribution in [0.25, 0.3) is 11.1 Å². The quantitative estimate of drug-likeness (QED) is 0.721. The van der Waals surface area contributed by atoms with Crippen molar-refractivity contribution in [3.05, 3.63) is 54.4 Å². The van der Waals surface area contributed by atoms with Crippen molar-refractivity contribution < 1.29 is 9.90 Å². The van der Waals surface area contributed by atoms with E-state index in [1.165, 1.54) is 0 Å². The molecule has 5 nitrogen and oxygen atoms in total. The lowest BCUT2D eigenvalue weighted by atomic mass is 10.0. The molecule has 3 atom stereocenters. The molecule has 25 heavy (non-hydrogen) atoms. The topological polar surface area (TPSA) is 74.2 Å². The third kappa shape index (κ3) is 5.57. The fourth-order valence-corrected chi connectivity index (χ4v) is 2.51. The Kier molecular flexibility index (Phi) is 6.95. The van der Waals surface area contributed by atoms with Crippen LogP contribution >= 0.6 is 0 Å². The van der Waals surface area contributed by atoms with Crippen LogP contribution in [-0.2, 0) is 0 Å². The zero-order valence-corrected chi connectivity index (χ0v) is 15.1. The van der Waals surface area contributed by atoms with Crippen LogP contribution in [0.3, 0.4) is 0 Å². The summed E-state index contributed by atoms with van der Waals surface area (Å²) >= 11 is 0. The van der Waals surface area contributed by atoms with E-state index in [2.05, 4.69) is 15.6 Å². The standard InChI is InChI=1S/C20H27N3O2/c1-4-14(2)19(24)13-22-20(25)23-15(3)16-5-7-17(8-6-16)18-9-11-21-12-10-18/h5-12,14-15,19,24H,4,13H2,1-3H3,(H2,22,23,25). The van der Waals surface area contributed by atoms with Crippen LogP contribution in [0.1, 0.15) is 38.8 Å². The molecule has 0 spiro atoms. The summed E-state index contributed by atoms with van der Waals surface area (Å²) in [5.74, 6) is 0.165. The molecule has 3 unspecified atom stereocenters. The number of amides is 2. The summed E-state index contributed by atoms with van der Waals surface area (Å²) in [4.78, 5) is 16.0. The van der Waals surface area contributed by atoms with Gasteiger partial charge in [-0.25, -0.2) is 4.79 Å². The first kappa shape index (κ1) is 18.9. The molecule has 3 N–H and O–H groups in total. The first-order valence-electron chi connectivity index (χ1n) is 8.74. The Balaban J connectivity index is 1.88. The highest BCUT2D eigenvalue weighted by Gasteiger charge is 2.14. The van der Waals surface area contributed by atoms with Gasteiger partial charge in [0.15, 0.2) is 0 Å². The van der Waals surface area contributed by atoms with Gasteiger partial charge in [-0.1, -0.05) is 44.5 Å². The van der Waals surface area contributed by atoms with Crippen molar-refractivity contribution in [2.24, 2.45) is 5.92 Å². The van der Waals surface area contributed by atoms with Crippen LogP contribution in [0.2, 0.25) is 0 Å². The number of nitrogens with one attached hydrogen (secondary N) is 2. The minimum Gasteiger partial charge on any atom is -0.391 e. The zero-order chi connectivity index (χ0) is 18.2. The van der Waals surface area contributed by atoms with Crippen molar-refractivity contribution >= 4 is 6.03 Å². The lowest BCUT2D eigenvalue weighted by molar-refractivity contribution is 0.114. The fraction of sp³-hybridized carbons (Fsp3) is 0.400. The normalized spacial score (nSPS) is 14.4. The Bertz CT molecular complexity index is 658. The van der Waals surface area contributed by atoms with Crippen LogP contribution in [0.4, 0.5) is 4.79 Å². The number of rotatable bonds is 7. The maximum atomic E-state index is 12.0. The number of aromatic nitrogens is 1. The second-order valence-corrected chi connectivity index (χ2v) is 6.39. The summed E-state index contributed by atoms with van der Waals surface area (Å²) < 4.78 is 0. The summed E-state index contributed by atoms with van der Waals surface area (Å²) in [6.45, 7) is 6.18. The summed E-state index contributed by atoms with van der Waals surface area (Å²) in [5.41, 5.74) is 3.24. The maximum absolute atomic E-state index is 12.0. The fourth-order valence-electron chi connectivity index (χ4n) is 2.51. The van der Waals surface area contributed by atoms with Gasteiger partial charge in [-0.05, 0) is 41.7 Å². The van der Waals surface area contributed by atoms with Gasteiger partial charge in [0.2, 0.25) is 0 Å². The minimum absolute atomic E-state index is 0.118. The highest BCUT2D eigenvalue weighted by atomic mass is 16.3. The molecule has 134 valence electrons. The Morgan fingerprint density at radius 1 is 1.08 bits per heavy atom. The summed E-state index contributed by atoms with van der Waals surface area (Å²) in [6.07, 6.45) is 3.90. The Labute approximate surface area is 149 Å². The van der Waals surface area contributed by atoms with Gasteiger partial charge >= 0.3 is 6.03 Å². The van der Waals surface area contributed by atoms with E-state index in [0.717, 1.165) is 23.1 Å². The van der Waals surface area contributed by atoms with Gasteiger partial charge in [0.05, 0.1) is 12.1 Å². The van der Waals surface area contributed by atoms with Crippen LogP contribution in [0.5, 0.6) is 0 Å². The zero-order valence-electron chi connectivity index (χ0n) is 15.1. The predicted molar refractivity (Wildman–Crippen MR) is 100 cm³/mol. The van der Waals surface area contributed by atoms with E-state index < -0.39 is 6.10 Å². The average molecular weight is 341 g/mol. The molecule has 0 aliphatic carbocycles. The molecule has 1 aromatic carbocycles. The molecule has 0 aliphatic rings. The molecule has 1 aromatic heterocycles. The number of carbonyl (C=O) groups excluding carboxylic acids is 1. The summed E-state index contributed by atoms with van der Waals surface area (Å²) in [7, 11) is 0. The first-order valence-corrected chi connectivity index (χ1v) is 8.74. The van der Waals surface area contributed by atoms with Crippen LogP contribution < -0.4 is 10.6 Å². The molecule has 2 rings (SSSR count). The molecule has 1 heterocycles. The highest BCUT2D eigenvalue weighted by molar-refractivity contribution is 5.74. The molecule has 2 aromatic rings. The van der Waals surface area contributed by atoms with Gasteiger partial charge in [0.1, 0.15) is 0 Å². The molecule has 0 saturated heterocycles. The van der Waals surface area contributed by atoms with E-state index in [0.29, 0.717) is 0 Å². The van der Waals surface area contributed by atoms with E-state index >= 15 is 0 Å². The van der Waals surface area contributed by atoms with Crippen LogP contribution in [0, 0.1) is 5.92 Å². The molecule has 5 heteroatoms. The van der Waals surface area contributed by atoms with Crippen molar-refractivity contribution in [1.29, 1.82) is 0 Å². The Morgan fingerprint density at radius 3 is 2.28 bits per heavy atom. The highest BCUT2D eigenvalue weighted by Crippen LogP contribution is 2.21. The third-order valence-electron chi connectivity index (χ3n) is 4.54. The molecular weight excluding hydrogens is 314 g/mol. The molecule has 0 aliphatic heterocycles. The number of carbonyl (C=O) groups is 1. The van der Waals surface area contributed by atoms with E-state index in [9.17, 15) is 9.90 Å². The lowest BCUT2D eigenvalue weighted by Gasteiger charge is -2.19. The lowest BCUT2D eigenvalue weighted by Crippen LogP contribution is -2.42. The number of aliphatic hydroxyl groups excluding tert-OH is 1. The van der Waals surface area contributed by atoms with E-state index in [4.69, 9.17) is 0 Å². The van der Waals surface area contributed by atoms with Gasteiger partial charge in [0.25, 0.3) is 0 Å². The van der Waals surface area contributed by atoms with Crippen molar-refractivity contribution in [2.75, 3.05) is 6.54 Å². The number of pyridine rings is 1. The molecule has 0 fully saturated rings. The summed E-state index contributed by atoms with van der Waals surface area (Å²) in [5, 5.41) is 15.5. The average Bonchev–Trinajstić information content (AvgIpc) is 2.66. The van der Waals surface area contributed by atoms with Gasteiger partial charge in [-0.2, -0.15) is 0 Å². The van der Waals surface area contributed by atoms with Gasteiger partial charge in [0, 0.05) is 18.9 Å². The van der Waals surface area contributed by atoms with Crippen LogP contribution in [0.15, 0.2) is 48.8 Å². The van der Waals surface area contributed by atoms with Crippen molar-refractivity contribution in [3.8, 4) is 11.1 Å². The number of benzene rings is 1. The molecule has 0 radical (unpaired) electrons. The van der Waals surface area contributed by atoms with E-state index in [1.807, 2.05) is 57.2 Å². The van der Waals surface area contributed by atoms with Crippen LogP contribution in [-0.4, -0.2) is 28.8 Å². The van der Waals surface area contributed by atoms with Crippen molar-refractivity contribution in [1.82, 2.24) is 15.6 Å². The third-order valence-corrected chi connectivity index (χ3v) is 4.54. The van der Waals surface area contributed by atoms with E-state index in [-0.39, 0.29) is 24.5 Å². The molecular formula is C20H27N3O2. The second kappa shape index (κ2) is 9.18.